The summed E-state index contributed by atoms with van der Waals surface area (Å²) >= 11 is 0. The molecule has 0 fully saturated rings. The second-order valence-corrected chi connectivity index (χ2v) is 5.16. The normalized spacial score (nSPS) is 11.1. The molecule has 1 aromatic rings. The van der Waals surface area contributed by atoms with Crippen molar-refractivity contribution in [1.82, 2.24) is 10.3 Å². The van der Waals surface area contributed by atoms with Crippen LogP contribution in [0.2, 0.25) is 0 Å². The fourth-order valence-corrected chi connectivity index (χ4v) is 1.40. The second kappa shape index (κ2) is 6.38. The number of carbonyl (C=O) groups is 1. The summed E-state index contributed by atoms with van der Waals surface area (Å²) in [4.78, 5) is 16.1. The maximum Gasteiger partial charge on any atom is 0.251 e. The van der Waals surface area contributed by atoms with E-state index in [-0.39, 0.29) is 11.3 Å². The highest BCUT2D eigenvalue weighted by Crippen LogP contribution is 2.18. The second-order valence-electron chi connectivity index (χ2n) is 5.16. The van der Waals surface area contributed by atoms with Crippen LogP contribution in [0.1, 0.15) is 44.5 Å². The topological polar surface area (TPSA) is 54.0 Å². The maximum atomic E-state index is 12.0. The third kappa shape index (κ3) is 4.35. The lowest BCUT2D eigenvalue weighted by molar-refractivity contribution is 0.0935. The van der Waals surface area contributed by atoms with Crippen LogP contribution < -0.4 is 10.6 Å². The molecule has 0 atom stereocenters. The number of anilines is 1. The number of hydrogen-bond acceptors (Lipinski definition) is 3. The van der Waals surface area contributed by atoms with Gasteiger partial charge in [-0.15, -0.1) is 0 Å². The Morgan fingerprint density at radius 2 is 2.11 bits per heavy atom. The summed E-state index contributed by atoms with van der Waals surface area (Å²) in [6.45, 7) is 9.88. The largest absolute Gasteiger partial charge is 0.370 e. The number of hydrogen-bond donors (Lipinski definition) is 2. The Balaban J connectivity index is 2.64. The molecule has 0 saturated carbocycles. The molecule has 1 amide bonds. The minimum atomic E-state index is -0.0434. The van der Waals surface area contributed by atoms with E-state index < -0.39 is 0 Å². The van der Waals surface area contributed by atoms with Gasteiger partial charge in [0.25, 0.3) is 5.91 Å². The molecule has 0 aromatic carbocycles. The monoisotopic (exact) mass is 249 g/mol. The molecular weight excluding hydrogens is 226 g/mol. The van der Waals surface area contributed by atoms with Gasteiger partial charge < -0.3 is 10.6 Å². The standard InChI is InChI=1S/C14H23N3O/c1-5-14(3,4)10-17-13(18)11-7-8-16-12(9-11)15-6-2/h7-9H,5-6,10H2,1-4H3,(H,15,16)(H,17,18). The average Bonchev–Trinajstić information content (AvgIpc) is 2.37. The van der Waals surface area contributed by atoms with Gasteiger partial charge in [-0.05, 0) is 30.9 Å². The number of aromatic nitrogens is 1. The zero-order chi connectivity index (χ0) is 13.6. The van der Waals surface area contributed by atoms with E-state index in [0.29, 0.717) is 12.1 Å². The molecule has 4 nitrogen and oxygen atoms in total. The van der Waals surface area contributed by atoms with Crippen molar-refractivity contribution in [3.63, 3.8) is 0 Å². The quantitative estimate of drug-likeness (QED) is 0.815. The van der Waals surface area contributed by atoms with Gasteiger partial charge in [-0.25, -0.2) is 4.98 Å². The molecule has 0 unspecified atom stereocenters. The number of carbonyl (C=O) groups excluding carboxylic acids is 1. The minimum Gasteiger partial charge on any atom is -0.370 e. The highest BCUT2D eigenvalue weighted by molar-refractivity contribution is 5.94. The smallest absolute Gasteiger partial charge is 0.251 e. The van der Waals surface area contributed by atoms with Crippen molar-refractivity contribution in [2.75, 3.05) is 18.4 Å². The lowest BCUT2D eigenvalue weighted by atomic mass is 9.90. The Hall–Kier alpha value is -1.58. The van der Waals surface area contributed by atoms with Crippen LogP contribution in [0.25, 0.3) is 0 Å². The summed E-state index contributed by atoms with van der Waals surface area (Å²) in [5.41, 5.74) is 0.778. The van der Waals surface area contributed by atoms with Crippen LogP contribution in [-0.4, -0.2) is 24.0 Å². The molecule has 2 N–H and O–H groups in total. The SMILES string of the molecule is CCNc1cc(C(=O)NCC(C)(C)CC)ccn1. The number of amides is 1. The van der Waals surface area contributed by atoms with Gasteiger partial charge in [0.15, 0.2) is 0 Å². The van der Waals surface area contributed by atoms with E-state index in [1.54, 1.807) is 18.3 Å². The van der Waals surface area contributed by atoms with Gasteiger partial charge in [0.05, 0.1) is 0 Å². The summed E-state index contributed by atoms with van der Waals surface area (Å²) in [7, 11) is 0. The van der Waals surface area contributed by atoms with Gasteiger partial charge >= 0.3 is 0 Å². The van der Waals surface area contributed by atoms with Gasteiger partial charge in [-0.1, -0.05) is 20.8 Å². The first-order valence-corrected chi connectivity index (χ1v) is 6.46. The highest BCUT2D eigenvalue weighted by atomic mass is 16.1. The third-order valence-corrected chi connectivity index (χ3v) is 3.06. The molecule has 4 heteroatoms. The van der Waals surface area contributed by atoms with Crippen LogP contribution >= 0.6 is 0 Å². The van der Waals surface area contributed by atoms with Crippen LogP contribution in [0.3, 0.4) is 0 Å². The van der Waals surface area contributed by atoms with E-state index in [9.17, 15) is 4.79 Å². The Kier molecular flexibility index (Phi) is 5.13. The fraction of sp³-hybridized carbons (Fsp3) is 0.571. The Morgan fingerprint density at radius 1 is 1.39 bits per heavy atom. The van der Waals surface area contributed by atoms with Gasteiger partial charge in [0.2, 0.25) is 0 Å². The zero-order valence-electron chi connectivity index (χ0n) is 11.7. The van der Waals surface area contributed by atoms with E-state index >= 15 is 0 Å². The van der Waals surface area contributed by atoms with Crippen molar-refractivity contribution in [1.29, 1.82) is 0 Å². The predicted octanol–water partition coefficient (Wildman–Crippen LogP) is 2.68. The van der Waals surface area contributed by atoms with Crippen molar-refractivity contribution in [3.05, 3.63) is 23.9 Å². The number of nitrogens with zero attached hydrogens (tertiary/aromatic N) is 1. The fourth-order valence-electron chi connectivity index (χ4n) is 1.40. The van der Waals surface area contributed by atoms with E-state index in [4.69, 9.17) is 0 Å². The molecule has 0 spiro atoms. The molecule has 1 heterocycles. The van der Waals surface area contributed by atoms with Crippen LogP contribution in [0.15, 0.2) is 18.3 Å². The van der Waals surface area contributed by atoms with Gasteiger partial charge in [0, 0.05) is 24.8 Å². The molecule has 1 aromatic heterocycles. The molecule has 0 bridgehead atoms. The molecule has 18 heavy (non-hydrogen) atoms. The third-order valence-electron chi connectivity index (χ3n) is 3.06. The number of nitrogens with one attached hydrogen (secondary N) is 2. The molecule has 0 aliphatic heterocycles. The summed E-state index contributed by atoms with van der Waals surface area (Å²) in [6, 6.07) is 3.51. The summed E-state index contributed by atoms with van der Waals surface area (Å²) < 4.78 is 0. The van der Waals surface area contributed by atoms with E-state index in [1.807, 2.05) is 6.92 Å². The van der Waals surface area contributed by atoms with Crippen LogP contribution in [0.4, 0.5) is 5.82 Å². The Bertz CT molecular complexity index is 402. The first kappa shape index (κ1) is 14.5. The molecule has 1 rings (SSSR count). The summed E-state index contributed by atoms with van der Waals surface area (Å²) in [5, 5.41) is 6.06. The summed E-state index contributed by atoms with van der Waals surface area (Å²) in [6.07, 6.45) is 2.68. The average molecular weight is 249 g/mol. The molecule has 100 valence electrons. The van der Waals surface area contributed by atoms with Crippen LogP contribution in [0, 0.1) is 5.41 Å². The van der Waals surface area contributed by atoms with Gasteiger partial charge in [0.1, 0.15) is 5.82 Å². The van der Waals surface area contributed by atoms with Gasteiger partial charge in [-0.3, -0.25) is 4.79 Å². The minimum absolute atomic E-state index is 0.0434. The van der Waals surface area contributed by atoms with Crippen molar-refractivity contribution >= 4 is 11.7 Å². The van der Waals surface area contributed by atoms with Crippen molar-refractivity contribution < 1.29 is 4.79 Å². The van der Waals surface area contributed by atoms with Crippen molar-refractivity contribution in [2.24, 2.45) is 5.41 Å². The molecule has 0 aliphatic rings. The van der Waals surface area contributed by atoms with Crippen molar-refractivity contribution in [2.45, 2.75) is 34.1 Å². The van der Waals surface area contributed by atoms with Gasteiger partial charge in [-0.2, -0.15) is 0 Å². The molecule has 0 aliphatic carbocycles. The number of rotatable bonds is 6. The van der Waals surface area contributed by atoms with E-state index in [0.717, 1.165) is 18.8 Å². The first-order chi connectivity index (χ1) is 8.48. The highest BCUT2D eigenvalue weighted by Gasteiger charge is 2.16. The number of pyridine rings is 1. The lowest BCUT2D eigenvalue weighted by Gasteiger charge is -2.22. The molecule has 0 radical (unpaired) electrons. The van der Waals surface area contributed by atoms with E-state index in [1.165, 1.54) is 0 Å². The predicted molar refractivity (Wildman–Crippen MR) is 74.8 cm³/mol. The van der Waals surface area contributed by atoms with Crippen LogP contribution in [-0.2, 0) is 0 Å². The first-order valence-electron chi connectivity index (χ1n) is 6.46. The van der Waals surface area contributed by atoms with Crippen LogP contribution in [0.5, 0.6) is 0 Å². The maximum absolute atomic E-state index is 12.0. The Labute approximate surface area is 109 Å². The molecule has 0 saturated heterocycles. The Morgan fingerprint density at radius 3 is 2.72 bits per heavy atom. The lowest BCUT2D eigenvalue weighted by Crippen LogP contribution is -2.33. The van der Waals surface area contributed by atoms with Crippen molar-refractivity contribution in [3.8, 4) is 0 Å². The summed E-state index contributed by atoms with van der Waals surface area (Å²) in [5.74, 6) is 0.693. The molecular formula is C14H23N3O. The van der Waals surface area contributed by atoms with E-state index in [2.05, 4.69) is 36.4 Å². The zero-order valence-corrected chi connectivity index (χ0v) is 11.7.